The van der Waals surface area contributed by atoms with Crippen LogP contribution in [0.3, 0.4) is 0 Å². The maximum absolute atomic E-state index is 13.5. The molecule has 4 rings (SSSR count). The number of carbonyl (C=O) groups excluding carboxylic acids is 3. The maximum Gasteiger partial charge on any atom is 0.232 e. The van der Waals surface area contributed by atoms with Crippen LogP contribution in [0.15, 0.2) is 24.3 Å². The van der Waals surface area contributed by atoms with Gasteiger partial charge in [-0.2, -0.15) is 5.26 Å². The predicted molar refractivity (Wildman–Crippen MR) is 138 cm³/mol. The summed E-state index contributed by atoms with van der Waals surface area (Å²) in [6.45, 7) is 6.59. The normalized spacial score (nSPS) is 23.4. The highest BCUT2D eigenvalue weighted by Gasteiger charge is 2.47. The molecule has 1 aromatic rings. The maximum atomic E-state index is 13.5. The molecule has 8 heteroatoms. The molecule has 2 saturated carbocycles. The first kappa shape index (κ1) is 26.0. The molecule has 1 saturated heterocycles. The molecule has 0 bridgehead atoms. The Balaban J connectivity index is 1.35. The highest BCUT2D eigenvalue weighted by molar-refractivity contribution is 5.89. The van der Waals surface area contributed by atoms with Crippen molar-refractivity contribution in [2.45, 2.75) is 63.3 Å². The molecule has 1 aromatic carbocycles. The molecule has 2 atom stereocenters. The van der Waals surface area contributed by atoms with Crippen LogP contribution in [0.5, 0.6) is 0 Å². The quantitative estimate of drug-likeness (QED) is 0.657. The first-order chi connectivity index (χ1) is 17.1. The van der Waals surface area contributed by atoms with Crippen LogP contribution >= 0.6 is 0 Å². The lowest BCUT2D eigenvalue weighted by atomic mass is 9.77. The van der Waals surface area contributed by atoms with E-state index in [1.807, 2.05) is 30.9 Å². The Morgan fingerprint density at radius 3 is 2.11 bits per heavy atom. The second-order valence-electron chi connectivity index (χ2n) is 11.4. The van der Waals surface area contributed by atoms with Gasteiger partial charge in [0, 0.05) is 57.8 Å². The Kier molecular flexibility index (Phi) is 7.31. The van der Waals surface area contributed by atoms with Gasteiger partial charge in [-0.3, -0.25) is 14.4 Å². The molecule has 8 nitrogen and oxygen atoms in total. The van der Waals surface area contributed by atoms with E-state index < -0.39 is 11.0 Å². The zero-order chi connectivity index (χ0) is 26.1. The molecule has 194 valence electrons. The van der Waals surface area contributed by atoms with Gasteiger partial charge >= 0.3 is 0 Å². The smallest absolute Gasteiger partial charge is 0.232 e. The summed E-state index contributed by atoms with van der Waals surface area (Å²) in [7, 11) is 3.55. The monoisotopic (exact) mass is 493 g/mol. The molecule has 36 heavy (non-hydrogen) atoms. The lowest BCUT2D eigenvalue weighted by Crippen LogP contribution is -2.53. The fraction of sp³-hybridized carbons (Fsp3) is 0.643. The van der Waals surface area contributed by atoms with E-state index in [0.29, 0.717) is 32.4 Å². The van der Waals surface area contributed by atoms with E-state index in [9.17, 15) is 19.6 Å². The number of carbonyl (C=O) groups is 3. The fourth-order valence-electron chi connectivity index (χ4n) is 5.65. The van der Waals surface area contributed by atoms with Crippen molar-refractivity contribution in [3.8, 4) is 6.07 Å². The molecule has 0 radical (unpaired) electrons. The highest BCUT2D eigenvalue weighted by Crippen LogP contribution is 2.37. The van der Waals surface area contributed by atoms with E-state index in [4.69, 9.17) is 0 Å². The van der Waals surface area contributed by atoms with Crippen molar-refractivity contribution in [3.63, 3.8) is 0 Å². The number of likely N-dealkylation sites (N-methyl/N-ethyl adjacent to an activating group) is 1. The first-order valence-electron chi connectivity index (χ1n) is 13.2. The fourth-order valence-corrected chi connectivity index (χ4v) is 5.65. The van der Waals surface area contributed by atoms with E-state index in [0.717, 1.165) is 43.6 Å². The molecular formula is C28H39N5O3. The largest absolute Gasteiger partial charge is 0.368 e. The molecule has 3 aliphatic rings. The van der Waals surface area contributed by atoms with Gasteiger partial charge in [-0.1, -0.05) is 25.0 Å². The van der Waals surface area contributed by atoms with E-state index >= 15 is 0 Å². The number of nitrogens with zero attached hydrogens (tertiary/aromatic N) is 4. The molecule has 1 aliphatic heterocycles. The summed E-state index contributed by atoms with van der Waals surface area (Å²) in [5, 5.41) is 12.3. The Bertz CT molecular complexity index is 1030. The zero-order valence-corrected chi connectivity index (χ0v) is 22.0. The third-order valence-electron chi connectivity index (χ3n) is 8.23. The number of piperazine rings is 1. The van der Waals surface area contributed by atoms with Crippen LogP contribution in [0, 0.1) is 23.2 Å². The lowest BCUT2D eigenvalue weighted by molar-refractivity contribution is -0.144. The number of hydrogen-bond acceptors (Lipinski definition) is 5. The van der Waals surface area contributed by atoms with Gasteiger partial charge in [0.1, 0.15) is 5.54 Å². The molecule has 0 spiro atoms. The van der Waals surface area contributed by atoms with E-state index in [-0.39, 0.29) is 29.6 Å². The number of nitrogens with one attached hydrogen (secondary N) is 1. The summed E-state index contributed by atoms with van der Waals surface area (Å²) >= 11 is 0. The molecule has 3 fully saturated rings. The van der Waals surface area contributed by atoms with Crippen LogP contribution < -0.4 is 10.2 Å². The summed E-state index contributed by atoms with van der Waals surface area (Å²) in [5.74, 6) is -0.611. The van der Waals surface area contributed by atoms with Crippen molar-refractivity contribution in [2.24, 2.45) is 11.8 Å². The zero-order valence-electron chi connectivity index (χ0n) is 22.0. The van der Waals surface area contributed by atoms with Crippen LogP contribution in [-0.2, 0) is 19.8 Å². The number of anilines is 1. The van der Waals surface area contributed by atoms with E-state index in [2.05, 4.69) is 28.4 Å². The van der Waals surface area contributed by atoms with Crippen LogP contribution in [0.4, 0.5) is 5.69 Å². The minimum Gasteiger partial charge on any atom is -0.368 e. The lowest BCUT2D eigenvalue weighted by Gasteiger charge is -2.40. The van der Waals surface area contributed by atoms with E-state index in [1.165, 1.54) is 0 Å². The number of benzene rings is 1. The van der Waals surface area contributed by atoms with Gasteiger partial charge in [0.05, 0.1) is 11.5 Å². The number of amides is 3. The SMILES string of the molecule is CN(C)C(=O)C(C)(C)c1ccc(N2CCN(C(=O)[C@@H]3CCCCC3C(=O)NC3(C#N)CC3)CC2)cc1. The molecule has 3 amide bonds. The highest BCUT2D eigenvalue weighted by atomic mass is 16.2. The summed E-state index contributed by atoms with van der Waals surface area (Å²) in [4.78, 5) is 44.8. The van der Waals surface area contributed by atoms with Crippen LogP contribution in [0.1, 0.15) is 57.9 Å². The van der Waals surface area contributed by atoms with Crippen molar-refractivity contribution in [1.82, 2.24) is 15.1 Å². The summed E-state index contributed by atoms with van der Waals surface area (Å²) < 4.78 is 0. The van der Waals surface area contributed by atoms with Crippen LogP contribution in [0.25, 0.3) is 0 Å². The van der Waals surface area contributed by atoms with Gasteiger partial charge in [-0.25, -0.2) is 0 Å². The van der Waals surface area contributed by atoms with Crippen LogP contribution in [0.2, 0.25) is 0 Å². The number of rotatable bonds is 6. The predicted octanol–water partition coefficient (Wildman–Crippen LogP) is 2.68. The Labute approximate surface area is 214 Å². The van der Waals surface area contributed by atoms with Crippen molar-refractivity contribution in [3.05, 3.63) is 29.8 Å². The van der Waals surface area contributed by atoms with E-state index in [1.54, 1.807) is 19.0 Å². The second kappa shape index (κ2) is 10.1. The van der Waals surface area contributed by atoms with Crippen molar-refractivity contribution < 1.29 is 14.4 Å². The van der Waals surface area contributed by atoms with Crippen molar-refractivity contribution in [2.75, 3.05) is 45.2 Å². The molecule has 0 aromatic heterocycles. The molecule has 1 unspecified atom stereocenters. The standard InChI is InChI=1S/C28H39N5O3/c1-27(2,26(36)31(3)4)20-9-11-21(12-10-20)32-15-17-33(18-16-32)25(35)23-8-6-5-7-22(23)24(34)30-28(19-29)13-14-28/h9-12,22-23H,5-8,13-18H2,1-4H3,(H,30,34)/t22?,23-/m1/s1. The van der Waals surface area contributed by atoms with Gasteiger partial charge in [0.15, 0.2) is 0 Å². The Morgan fingerprint density at radius 2 is 1.58 bits per heavy atom. The van der Waals surface area contributed by atoms with Gasteiger partial charge in [-0.15, -0.1) is 0 Å². The average Bonchev–Trinajstić information content (AvgIpc) is 3.67. The Morgan fingerprint density at radius 1 is 1.00 bits per heavy atom. The molecule has 1 N–H and O–H groups in total. The minimum atomic E-state index is -0.696. The second-order valence-corrected chi connectivity index (χ2v) is 11.4. The van der Waals surface area contributed by atoms with Gasteiger partial charge in [0.2, 0.25) is 17.7 Å². The summed E-state index contributed by atoms with van der Waals surface area (Å²) in [6.07, 6.45) is 4.76. The van der Waals surface area contributed by atoms with Crippen LogP contribution in [-0.4, -0.2) is 73.3 Å². The molecule has 1 heterocycles. The molecular weight excluding hydrogens is 454 g/mol. The Hall–Kier alpha value is -3.08. The van der Waals surface area contributed by atoms with Crippen molar-refractivity contribution in [1.29, 1.82) is 5.26 Å². The summed E-state index contributed by atoms with van der Waals surface area (Å²) in [5.41, 5.74) is 0.769. The topological polar surface area (TPSA) is 96.8 Å². The average molecular weight is 494 g/mol. The number of nitriles is 1. The summed E-state index contributed by atoms with van der Waals surface area (Å²) in [6, 6.07) is 10.4. The van der Waals surface area contributed by atoms with Gasteiger partial charge in [-0.05, 0) is 57.2 Å². The third-order valence-corrected chi connectivity index (χ3v) is 8.23. The first-order valence-corrected chi connectivity index (χ1v) is 13.2. The third kappa shape index (κ3) is 5.21. The number of hydrogen-bond donors (Lipinski definition) is 1. The molecule has 2 aliphatic carbocycles. The van der Waals surface area contributed by atoms with Gasteiger partial charge in [0.25, 0.3) is 0 Å². The van der Waals surface area contributed by atoms with Gasteiger partial charge < -0.3 is 20.0 Å². The minimum absolute atomic E-state index is 0.0667. The van der Waals surface area contributed by atoms with Crippen molar-refractivity contribution >= 4 is 23.4 Å².